The predicted octanol–water partition coefficient (Wildman–Crippen LogP) is 4.45. The Balaban J connectivity index is 0.000000606. The number of anilines is 1. The van der Waals surface area contributed by atoms with Gasteiger partial charge < -0.3 is 5.73 Å². The molecule has 0 heterocycles. The van der Waals surface area contributed by atoms with Crippen LogP contribution in [0.15, 0.2) is 64.4 Å². The zero-order chi connectivity index (χ0) is 11.8. The van der Waals surface area contributed by atoms with Crippen LogP contribution in [0, 0.1) is 0 Å². The maximum absolute atomic E-state index is 5.61. The fourth-order valence-electron chi connectivity index (χ4n) is 1.16. The van der Waals surface area contributed by atoms with E-state index in [1.54, 1.807) is 11.8 Å². The molecule has 0 saturated heterocycles. The van der Waals surface area contributed by atoms with Crippen molar-refractivity contribution in [2.24, 2.45) is 0 Å². The molecule has 2 N–H and O–H groups in total. The number of nitrogen functional groups attached to an aromatic ring is 1. The molecule has 0 aliphatic heterocycles. The molecule has 2 aromatic carbocycles. The number of nitrogens with two attached hydrogens (primary N) is 1. The summed E-state index contributed by atoms with van der Waals surface area (Å²) in [7, 11) is 0. The largest absolute Gasteiger partial charge is 0.399 e. The molecular formula is C14H17NS. The summed E-state index contributed by atoms with van der Waals surface area (Å²) in [5.74, 6) is 0. The van der Waals surface area contributed by atoms with Gasteiger partial charge in [-0.05, 0) is 36.4 Å². The first-order chi connectivity index (χ1) is 7.84. The third kappa shape index (κ3) is 3.99. The van der Waals surface area contributed by atoms with E-state index in [0.29, 0.717) is 0 Å². The van der Waals surface area contributed by atoms with Crippen molar-refractivity contribution >= 4 is 17.4 Å². The van der Waals surface area contributed by atoms with Gasteiger partial charge in [-0.15, -0.1) is 0 Å². The van der Waals surface area contributed by atoms with Gasteiger partial charge in [-0.25, -0.2) is 0 Å². The lowest BCUT2D eigenvalue weighted by Gasteiger charge is -2.01. The smallest absolute Gasteiger partial charge is 0.0314 e. The molecule has 0 saturated carbocycles. The Hall–Kier alpha value is -1.41. The van der Waals surface area contributed by atoms with Gasteiger partial charge in [-0.1, -0.05) is 43.8 Å². The Morgan fingerprint density at radius 1 is 0.750 bits per heavy atom. The lowest BCUT2D eigenvalue weighted by molar-refractivity contribution is 1.41. The van der Waals surface area contributed by atoms with Gasteiger partial charge in [0.25, 0.3) is 0 Å². The van der Waals surface area contributed by atoms with E-state index in [0.717, 1.165) is 5.69 Å². The number of rotatable bonds is 2. The minimum absolute atomic E-state index is 0.808. The van der Waals surface area contributed by atoms with Crippen molar-refractivity contribution in [3.05, 3.63) is 54.6 Å². The minimum atomic E-state index is 0.808. The van der Waals surface area contributed by atoms with Crippen LogP contribution in [-0.2, 0) is 0 Å². The molecule has 0 aliphatic rings. The Labute approximate surface area is 102 Å². The predicted molar refractivity (Wildman–Crippen MR) is 72.8 cm³/mol. The number of benzene rings is 2. The van der Waals surface area contributed by atoms with Crippen LogP contribution in [0.25, 0.3) is 0 Å². The average Bonchev–Trinajstić information content (AvgIpc) is 2.36. The van der Waals surface area contributed by atoms with Crippen LogP contribution in [0.3, 0.4) is 0 Å². The first-order valence-electron chi connectivity index (χ1n) is 5.43. The van der Waals surface area contributed by atoms with Crippen LogP contribution < -0.4 is 5.73 Å². The molecule has 84 valence electrons. The lowest BCUT2D eigenvalue weighted by atomic mass is 10.3. The van der Waals surface area contributed by atoms with Crippen LogP contribution in [0.2, 0.25) is 0 Å². The van der Waals surface area contributed by atoms with E-state index >= 15 is 0 Å². The highest BCUT2D eigenvalue weighted by molar-refractivity contribution is 7.99. The van der Waals surface area contributed by atoms with Gasteiger partial charge in [-0.2, -0.15) is 0 Å². The van der Waals surface area contributed by atoms with Crippen molar-refractivity contribution in [2.75, 3.05) is 5.73 Å². The summed E-state index contributed by atoms with van der Waals surface area (Å²) >= 11 is 1.74. The molecular weight excluding hydrogens is 214 g/mol. The van der Waals surface area contributed by atoms with Crippen molar-refractivity contribution < 1.29 is 0 Å². The fraction of sp³-hybridized carbons (Fsp3) is 0.143. The second-order valence-electron chi connectivity index (χ2n) is 2.98. The molecule has 0 radical (unpaired) electrons. The van der Waals surface area contributed by atoms with E-state index in [9.17, 15) is 0 Å². The van der Waals surface area contributed by atoms with Gasteiger partial charge in [0, 0.05) is 15.5 Å². The van der Waals surface area contributed by atoms with Crippen LogP contribution in [0.4, 0.5) is 5.69 Å². The summed E-state index contributed by atoms with van der Waals surface area (Å²) in [6.07, 6.45) is 0. The normalized spacial score (nSPS) is 9.12. The van der Waals surface area contributed by atoms with Gasteiger partial charge in [0.05, 0.1) is 0 Å². The van der Waals surface area contributed by atoms with E-state index in [1.165, 1.54) is 9.79 Å². The molecule has 16 heavy (non-hydrogen) atoms. The topological polar surface area (TPSA) is 26.0 Å². The highest BCUT2D eigenvalue weighted by Crippen LogP contribution is 2.27. The Bertz CT molecular complexity index is 395. The molecule has 0 aliphatic carbocycles. The first-order valence-corrected chi connectivity index (χ1v) is 6.25. The highest BCUT2D eigenvalue weighted by Gasteiger charge is 1.95. The molecule has 0 aromatic heterocycles. The van der Waals surface area contributed by atoms with Crippen molar-refractivity contribution in [1.82, 2.24) is 0 Å². The zero-order valence-electron chi connectivity index (χ0n) is 9.68. The second kappa shape index (κ2) is 6.96. The molecule has 0 amide bonds. The van der Waals surface area contributed by atoms with Crippen molar-refractivity contribution in [2.45, 2.75) is 23.6 Å². The third-order valence-corrected chi connectivity index (χ3v) is 2.87. The second-order valence-corrected chi connectivity index (χ2v) is 4.13. The van der Waals surface area contributed by atoms with Crippen LogP contribution >= 0.6 is 11.8 Å². The molecule has 0 unspecified atom stereocenters. The highest BCUT2D eigenvalue weighted by atomic mass is 32.2. The van der Waals surface area contributed by atoms with Crippen LogP contribution in [-0.4, -0.2) is 0 Å². The quantitative estimate of drug-likeness (QED) is 0.773. The first kappa shape index (κ1) is 12.7. The molecule has 0 fully saturated rings. The van der Waals surface area contributed by atoms with E-state index in [2.05, 4.69) is 12.1 Å². The Morgan fingerprint density at radius 3 is 1.81 bits per heavy atom. The standard InChI is InChI=1S/C12H11NS.C2H6/c13-10-6-8-12(9-7-10)14-11-4-2-1-3-5-11;1-2/h1-9H,13H2;1-2H3. The Morgan fingerprint density at radius 2 is 1.25 bits per heavy atom. The molecule has 1 nitrogen and oxygen atoms in total. The van der Waals surface area contributed by atoms with Gasteiger partial charge in [0.1, 0.15) is 0 Å². The van der Waals surface area contributed by atoms with E-state index in [1.807, 2.05) is 56.3 Å². The molecule has 0 atom stereocenters. The van der Waals surface area contributed by atoms with Crippen molar-refractivity contribution in [3.63, 3.8) is 0 Å². The zero-order valence-corrected chi connectivity index (χ0v) is 10.5. The molecule has 0 spiro atoms. The van der Waals surface area contributed by atoms with Crippen LogP contribution in [0.5, 0.6) is 0 Å². The lowest BCUT2D eigenvalue weighted by Crippen LogP contribution is -1.82. The summed E-state index contributed by atoms with van der Waals surface area (Å²) in [4.78, 5) is 2.46. The molecule has 2 heteroatoms. The Kier molecular flexibility index (Phi) is 5.51. The monoisotopic (exact) mass is 231 g/mol. The van der Waals surface area contributed by atoms with Crippen LogP contribution in [0.1, 0.15) is 13.8 Å². The summed E-state index contributed by atoms with van der Waals surface area (Å²) in [6.45, 7) is 4.00. The summed E-state index contributed by atoms with van der Waals surface area (Å²) in [6, 6.07) is 18.2. The molecule has 0 bridgehead atoms. The van der Waals surface area contributed by atoms with Gasteiger partial charge in [0.2, 0.25) is 0 Å². The molecule has 2 aromatic rings. The van der Waals surface area contributed by atoms with Gasteiger partial charge in [-0.3, -0.25) is 0 Å². The van der Waals surface area contributed by atoms with E-state index in [4.69, 9.17) is 5.73 Å². The maximum Gasteiger partial charge on any atom is 0.0314 e. The average molecular weight is 231 g/mol. The summed E-state index contributed by atoms with van der Waals surface area (Å²) in [5, 5.41) is 0. The third-order valence-electron chi connectivity index (χ3n) is 1.86. The number of hydrogen-bond donors (Lipinski definition) is 1. The SMILES string of the molecule is CC.Nc1ccc(Sc2ccccc2)cc1. The minimum Gasteiger partial charge on any atom is -0.399 e. The fourth-order valence-corrected chi connectivity index (χ4v) is 2.00. The summed E-state index contributed by atoms with van der Waals surface area (Å²) in [5.41, 5.74) is 6.42. The maximum atomic E-state index is 5.61. The van der Waals surface area contributed by atoms with Gasteiger partial charge in [0.15, 0.2) is 0 Å². The molecule has 2 rings (SSSR count). The summed E-state index contributed by atoms with van der Waals surface area (Å²) < 4.78 is 0. The van der Waals surface area contributed by atoms with Gasteiger partial charge >= 0.3 is 0 Å². The van der Waals surface area contributed by atoms with E-state index < -0.39 is 0 Å². The van der Waals surface area contributed by atoms with Crippen molar-refractivity contribution in [1.29, 1.82) is 0 Å². The number of hydrogen-bond acceptors (Lipinski definition) is 2. The van der Waals surface area contributed by atoms with Crippen molar-refractivity contribution in [3.8, 4) is 0 Å². The van der Waals surface area contributed by atoms with E-state index in [-0.39, 0.29) is 0 Å².